The molecule has 3 atom stereocenters. The molecule has 0 bridgehead atoms. The highest BCUT2D eigenvalue weighted by Gasteiger charge is 2.39. The quantitative estimate of drug-likeness (QED) is 0.300. The topological polar surface area (TPSA) is 105 Å². The third-order valence-corrected chi connectivity index (χ3v) is 4.26. The number of nitrogens with one attached hydrogen (secondary N) is 1. The Kier molecular flexibility index (Phi) is 7.60. The molecule has 9 heteroatoms. The highest BCUT2D eigenvalue weighted by molar-refractivity contribution is 5.02. The first-order valence-corrected chi connectivity index (χ1v) is 7.82. The van der Waals surface area contributed by atoms with E-state index >= 15 is 0 Å². The number of hydrogen-bond acceptors (Lipinski definition) is 5. The summed E-state index contributed by atoms with van der Waals surface area (Å²) >= 11 is 0. The molecule has 1 aromatic heterocycles. The van der Waals surface area contributed by atoms with E-state index in [-0.39, 0.29) is 30.6 Å². The molecule has 0 saturated carbocycles. The zero-order valence-corrected chi connectivity index (χ0v) is 16.4. The summed E-state index contributed by atoms with van der Waals surface area (Å²) < 4.78 is 7.80. The predicted octanol–water partition coefficient (Wildman–Crippen LogP) is -4.04. The van der Waals surface area contributed by atoms with Crippen molar-refractivity contribution in [1.29, 1.82) is 0 Å². The molecule has 8 nitrogen and oxygen atoms in total. The molecule has 0 aromatic carbocycles. The van der Waals surface area contributed by atoms with Gasteiger partial charge in [0.25, 0.3) is 5.56 Å². The molecule has 1 aliphatic heterocycles. The van der Waals surface area contributed by atoms with Crippen molar-refractivity contribution in [3.05, 3.63) is 32.6 Å². The highest BCUT2D eigenvalue weighted by Crippen LogP contribution is 2.28. The summed E-state index contributed by atoms with van der Waals surface area (Å²) in [5, 5.41) is 19.2. The smallest absolute Gasteiger partial charge is 0.330 e. The monoisotopic (exact) mass is 455 g/mol. The Bertz CT molecular complexity index is 657. The van der Waals surface area contributed by atoms with E-state index in [1.54, 1.807) is 6.92 Å². The number of nitrogens with zero attached hydrogens (tertiary/aromatic N) is 2. The van der Waals surface area contributed by atoms with Crippen LogP contribution >= 0.6 is 0 Å². The van der Waals surface area contributed by atoms with Crippen LogP contribution < -0.4 is 35.2 Å². The van der Waals surface area contributed by atoms with Crippen LogP contribution in [0.25, 0.3) is 0 Å². The summed E-state index contributed by atoms with van der Waals surface area (Å²) in [4.78, 5) is 25.6. The Morgan fingerprint density at radius 1 is 1.42 bits per heavy atom. The zero-order valence-electron chi connectivity index (χ0n) is 14.2. The van der Waals surface area contributed by atoms with Crippen LogP contribution in [0.4, 0.5) is 0 Å². The second-order valence-corrected chi connectivity index (χ2v) is 6.83. The van der Waals surface area contributed by atoms with E-state index in [1.165, 1.54) is 10.8 Å². The number of hydrogen-bond donors (Lipinski definition) is 3. The largest absolute Gasteiger partial charge is 1.00 e. The molecular weight excluding hydrogens is 429 g/mol. The summed E-state index contributed by atoms with van der Waals surface area (Å²) in [6.07, 6.45) is 0.787. The van der Waals surface area contributed by atoms with E-state index in [0.29, 0.717) is 29.4 Å². The van der Waals surface area contributed by atoms with Gasteiger partial charge in [0.15, 0.2) is 0 Å². The van der Waals surface area contributed by atoms with Gasteiger partial charge in [0, 0.05) is 31.2 Å². The normalized spacial score (nSPS) is 24.0. The van der Waals surface area contributed by atoms with Gasteiger partial charge in [0.05, 0.1) is 26.7 Å². The van der Waals surface area contributed by atoms with Crippen LogP contribution in [-0.4, -0.2) is 70.2 Å². The lowest BCUT2D eigenvalue weighted by atomic mass is 10.1. The molecule has 1 saturated heterocycles. The number of aromatic amines is 1. The molecule has 3 N–H and O–H groups in total. The van der Waals surface area contributed by atoms with Gasteiger partial charge in [-0.2, -0.15) is 0 Å². The van der Waals surface area contributed by atoms with Gasteiger partial charge in [-0.25, -0.2) is 4.79 Å². The lowest BCUT2D eigenvalue weighted by molar-refractivity contribution is -0.894. The van der Waals surface area contributed by atoms with Crippen LogP contribution in [0.15, 0.2) is 15.8 Å². The molecule has 2 heterocycles. The van der Waals surface area contributed by atoms with E-state index < -0.39 is 29.7 Å². The van der Waals surface area contributed by atoms with Gasteiger partial charge >= 0.3 is 5.69 Å². The molecule has 0 aliphatic carbocycles. The summed E-state index contributed by atoms with van der Waals surface area (Å²) in [7, 11) is 4.02. The van der Waals surface area contributed by atoms with Gasteiger partial charge in [-0.05, 0) is 6.92 Å². The second-order valence-electron chi connectivity index (χ2n) is 6.83. The molecule has 1 aliphatic rings. The molecule has 0 radical (unpaired) electrons. The molecule has 24 heavy (non-hydrogen) atoms. The fourth-order valence-corrected chi connectivity index (χ4v) is 2.93. The number of aliphatic hydroxyl groups excluding tert-OH is 2. The van der Waals surface area contributed by atoms with E-state index in [2.05, 4.69) is 4.98 Å². The average molecular weight is 455 g/mol. The Morgan fingerprint density at radius 3 is 2.71 bits per heavy atom. The lowest BCUT2D eigenvalue weighted by Crippen LogP contribution is -3.00. The van der Waals surface area contributed by atoms with Crippen LogP contribution in [0, 0.1) is 6.92 Å². The van der Waals surface area contributed by atoms with Crippen LogP contribution in [0.1, 0.15) is 24.6 Å². The summed E-state index contributed by atoms with van der Waals surface area (Å²) in [6.45, 7) is 3.09. The van der Waals surface area contributed by atoms with E-state index in [4.69, 9.17) is 9.84 Å². The van der Waals surface area contributed by atoms with Crippen molar-refractivity contribution in [3.63, 3.8) is 0 Å². The van der Waals surface area contributed by atoms with Gasteiger partial charge in [-0.15, -0.1) is 0 Å². The van der Waals surface area contributed by atoms with Crippen molar-refractivity contribution < 1.29 is 43.4 Å². The number of H-pyrrole nitrogens is 1. The number of quaternary nitrogens is 1. The third-order valence-electron chi connectivity index (χ3n) is 4.26. The Hall–Kier alpha value is -0.750. The lowest BCUT2D eigenvalue weighted by Gasteiger charge is -2.32. The number of aryl methyl sites for hydroxylation is 1. The van der Waals surface area contributed by atoms with Crippen molar-refractivity contribution in [2.75, 3.05) is 33.8 Å². The predicted molar refractivity (Wildman–Crippen MR) is 84.1 cm³/mol. The van der Waals surface area contributed by atoms with Gasteiger partial charge in [0.2, 0.25) is 0 Å². The summed E-state index contributed by atoms with van der Waals surface area (Å²) in [5.74, 6) is 0. The van der Waals surface area contributed by atoms with E-state index in [0.717, 1.165) is 6.54 Å². The van der Waals surface area contributed by atoms with Crippen LogP contribution in [-0.2, 0) is 4.74 Å². The van der Waals surface area contributed by atoms with Crippen molar-refractivity contribution in [1.82, 2.24) is 9.55 Å². The van der Waals surface area contributed by atoms with E-state index in [9.17, 15) is 14.7 Å². The Balaban J connectivity index is 0.00000288. The molecule has 138 valence electrons. The van der Waals surface area contributed by atoms with E-state index in [1.807, 2.05) is 14.1 Å². The zero-order chi connectivity index (χ0) is 17.2. The molecular formula is C15H26IN3O5. The summed E-state index contributed by atoms with van der Waals surface area (Å²) in [5.41, 5.74) is -0.527. The van der Waals surface area contributed by atoms with Crippen molar-refractivity contribution >= 4 is 0 Å². The number of aromatic nitrogens is 2. The third kappa shape index (κ3) is 5.12. The van der Waals surface area contributed by atoms with Gasteiger partial charge in [-0.1, -0.05) is 0 Å². The number of rotatable bonds is 6. The minimum absolute atomic E-state index is 0. The first-order valence-electron chi connectivity index (χ1n) is 7.82. The number of ether oxygens (including phenoxy) is 1. The molecule has 0 amide bonds. The maximum atomic E-state index is 11.9. The van der Waals surface area contributed by atoms with Crippen LogP contribution in [0.2, 0.25) is 0 Å². The number of halogens is 1. The maximum absolute atomic E-state index is 11.9. The Morgan fingerprint density at radius 2 is 2.08 bits per heavy atom. The van der Waals surface area contributed by atoms with Crippen LogP contribution in [0.5, 0.6) is 0 Å². The number of likely N-dealkylation sites (N-methyl/N-ethyl adjacent to an activating group) is 1. The Labute approximate surface area is 157 Å². The minimum Gasteiger partial charge on any atom is -1.00 e. The van der Waals surface area contributed by atoms with Gasteiger partial charge < -0.3 is 43.4 Å². The van der Waals surface area contributed by atoms with Crippen molar-refractivity contribution in [2.45, 2.75) is 38.2 Å². The summed E-state index contributed by atoms with van der Waals surface area (Å²) in [6, 6.07) is 0. The highest BCUT2D eigenvalue weighted by atomic mass is 127. The first kappa shape index (κ1) is 21.3. The van der Waals surface area contributed by atoms with Crippen molar-refractivity contribution in [2.24, 2.45) is 0 Å². The molecule has 0 spiro atoms. The molecule has 1 fully saturated rings. The maximum Gasteiger partial charge on any atom is 0.330 e. The fourth-order valence-electron chi connectivity index (χ4n) is 2.93. The fraction of sp³-hybridized carbons (Fsp3) is 0.733. The SMILES string of the molecule is Cc1cn(C2CC(O)C(C[N+](C)(C)CCCO)O2)c(=O)[nH]c1=O.[I-]. The molecule has 1 aromatic rings. The standard InChI is InChI=1S/C15H25N3O5.HI/c1-10-8-17(15(22)16-14(10)21)13-7-11(20)12(23-13)9-18(2,3)5-4-6-19;/h8,11-13,19-20H,4-7,9H2,1-3H3;1H. The minimum atomic E-state index is -0.675. The molecule has 3 unspecified atom stereocenters. The average Bonchev–Trinajstić information content (AvgIpc) is 2.81. The number of aliphatic hydroxyl groups is 2. The first-order chi connectivity index (χ1) is 10.7. The van der Waals surface area contributed by atoms with Crippen molar-refractivity contribution in [3.8, 4) is 0 Å². The second kappa shape index (κ2) is 8.56. The van der Waals surface area contributed by atoms with Gasteiger partial charge in [0.1, 0.15) is 18.9 Å². The molecule has 2 rings (SSSR count). The van der Waals surface area contributed by atoms with Gasteiger partial charge in [-0.3, -0.25) is 14.3 Å². The van der Waals surface area contributed by atoms with Crippen LogP contribution in [0.3, 0.4) is 0 Å².